The first-order chi connectivity index (χ1) is 11.8. The van der Waals surface area contributed by atoms with Crippen molar-refractivity contribution in [2.24, 2.45) is 0 Å². The summed E-state index contributed by atoms with van der Waals surface area (Å²) in [5, 5.41) is 6.85. The second-order valence-electron chi connectivity index (χ2n) is 5.22. The van der Waals surface area contributed by atoms with E-state index in [-0.39, 0.29) is 31.4 Å². The molecule has 136 valence electrons. The van der Waals surface area contributed by atoms with E-state index in [1.807, 2.05) is 0 Å². The van der Waals surface area contributed by atoms with Crippen molar-refractivity contribution in [1.82, 2.24) is 10.5 Å². The molecule has 0 radical (unpaired) electrons. The Bertz CT molecular complexity index is 820. The number of halogens is 1. The van der Waals surface area contributed by atoms with Crippen LogP contribution >= 0.6 is 11.6 Å². The number of nitrogens with one attached hydrogen (secondary N) is 1. The monoisotopic (exact) mass is 387 g/mol. The zero-order valence-corrected chi connectivity index (χ0v) is 15.3. The van der Waals surface area contributed by atoms with Crippen molar-refractivity contribution in [2.45, 2.75) is 6.92 Å². The first-order valence-electron chi connectivity index (χ1n) is 7.32. The van der Waals surface area contributed by atoms with E-state index in [0.29, 0.717) is 16.5 Å². The summed E-state index contributed by atoms with van der Waals surface area (Å²) < 4.78 is 35.0. The van der Waals surface area contributed by atoms with Crippen LogP contribution in [0.1, 0.15) is 5.76 Å². The van der Waals surface area contributed by atoms with Gasteiger partial charge in [0.15, 0.2) is 12.4 Å². The molecule has 1 N–H and O–H groups in total. The van der Waals surface area contributed by atoms with Crippen molar-refractivity contribution in [1.29, 1.82) is 0 Å². The maximum absolute atomic E-state index is 11.9. The highest BCUT2D eigenvalue weighted by molar-refractivity contribution is 7.92. The van der Waals surface area contributed by atoms with Crippen LogP contribution in [0.2, 0.25) is 5.02 Å². The van der Waals surface area contributed by atoms with Gasteiger partial charge in [-0.1, -0.05) is 16.8 Å². The first kappa shape index (κ1) is 19.1. The maximum Gasteiger partial charge on any atom is 0.258 e. The molecule has 0 saturated carbocycles. The number of rotatable bonds is 8. The molecule has 0 fully saturated rings. The van der Waals surface area contributed by atoms with Crippen molar-refractivity contribution in [3.05, 3.63) is 41.1 Å². The maximum atomic E-state index is 11.9. The molecule has 0 bridgehead atoms. The summed E-state index contributed by atoms with van der Waals surface area (Å²) >= 11 is 5.76. The van der Waals surface area contributed by atoms with Crippen LogP contribution in [0.25, 0.3) is 0 Å². The summed E-state index contributed by atoms with van der Waals surface area (Å²) in [4.78, 5) is 11.8. The number of ether oxygens (including phenoxy) is 1. The van der Waals surface area contributed by atoms with Gasteiger partial charge >= 0.3 is 0 Å². The summed E-state index contributed by atoms with van der Waals surface area (Å²) in [6.07, 6.45) is 1.06. The fourth-order valence-electron chi connectivity index (χ4n) is 1.95. The lowest BCUT2D eigenvalue weighted by atomic mass is 10.3. The van der Waals surface area contributed by atoms with Crippen LogP contribution in [0.5, 0.6) is 5.75 Å². The molecule has 0 saturated heterocycles. The zero-order chi connectivity index (χ0) is 18.4. The van der Waals surface area contributed by atoms with Crippen LogP contribution in [0, 0.1) is 6.92 Å². The minimum absolute atomic E-state index is 0.0253. The lowest BCUT2D eigenvalue weighted by Gasteiger charge is -2.19. The summed E-state index contributed by atoms with van der Waals surface area (Å²) in [5.74, 6) is 0.797. The summed E-state index contributed by atoms with van der Waals surface area (Å²) in [7, 11) is -3.55. The number of anilines is 1. The molecule has 1 heterocycles. The Morgan fingerprint density at radius 2 is 2.04 bits per heavy atom. The third-order valence-corrected chi connectivity index (χ3v) is 4.51. The van der Waals surface area contributed by atoms with Crippen LogP contribution < -0.4 is 14.4 Å². The Morgan fingerprint density at radius 1 is 1.36 bits per heavy atom. The standard InChI is InChI=1S/C15H18ClN3O5S/c1-11-9-14(18-24-11)19(25(2,21)22)8-7-17-15(20)10-23-13-5-3-12(16)4-6-13/h3-6,9H,7-8,10H2,1-2H3,(H,17,20). The van der Waals surface area contributed by atoms with Crippen LogP contribution in [-0.4, -0.2) is 45.4 Å². The van der Waals surface area contributed by atoms with Gasteiger partial charge in [0.25, 0.3) is 5.91 Å². The third-order valence-electron chi connectivity index (χ3n) is 3.09. The van der Waals surface area contributed by atoms with E-state index in [1.165, 1.54) is 6.07 Å². The number of aromatic nitrogens is 1. The lowest BCUT2D eigenvalue weighted by molar-refractivity contribution is -0.123. The summed E-state index contributed by atoms with van der Waals surface area (Å²) in [5.41, 5.74) is 0. The molecule has 10 heteroatoms. The average molecular weight is 388 g/mol. The van der Waals surface area contributed by atoms with Crippen molar-refractivity contribution in [3.63, 3.8) is 0 Å². The first-order valence-corrected chi connectivity index (χ1v) is 9.54. The molecular formula is C15H18ClN3O5S. The number of sulfonamides is 1. The number of carbonyl (C=O) groups is 1. The Balaban J connectivity index is 1.83. The molecule has 25 heavy (non-hydrogen) atoms. The topological polar surface area (TPSA) is 102 Å². The van der Waals surface area contributed by atoms with E-state index in [2.05, 4.69) is 10.5 Å². The van der Waals surface area contributed by atoms with Crippen molar-refractivity contribution < 1.29 is 22.5 Å². The van der Waals surface area contributed by atoms with Gasteiger partial charge in [0.2, 0.25) is 10.0 Å². The van der Waals surface area contributed by atoms with E-state index in [1.54, 1.807) is 31.2 Å². The van der Waals surface area contributed by atoms with Gasteiger partial charge in [-0.3, -0.25) is 4.79 Å². The summed E-state index contributed by atoms with van der Waals surface area (Å²) in [6.45, 7) is 1.59. The molecule has 0 aliphatic carbocycles. The smallest absolute Gasteiger partial charge is 0.258 e. The fraction of sp³-hybridized carbons (Fsp3) is 0.333. The van der Waals surface area contributed by atoms with Gasteiger partial charge in [0.1, 0.15) is 11.5 Å². The molecular weight excluding hydrogens is 370 g/mol. The molecule has 0 aliphatic heterocycles. The third kappa shape index (κ3) is 5.95. The van der Waals surface area contributed by atoms with Gasteiger partial charge in [0, 0.05) is 17.6 Å². The van der Waals surface area contributed by atoms with E-state index >= 15 is 0 Å². The van der Waals surface area contributed by atoms with Crippen molar-refractivity contribution in [2.75, 3.05) is 30.3 Å². The minimum atomic E-state index is -3.55. The molecule has 0 atom stereocenters. The van der Waals surface area contributed by atoms with Gasteiger partial charge in [-0.05, 0) is 31.2 Å². The Labute approximate surface area is 150 Å². The van der Waals surface area contributed by atoms with Crippen LogP contribution in [0.4, 0.5) is 5.82 Å². The molecule has 0 unspecified atom stereocenters. The number of aryl methyl sites for hydroxylation is 1. The van der Waals surface area contributed by atoms with Gasteiger partial charge < -0.3 is 14.6 Å². The van der Waals surface area contributed by atoms with E-state index in [9.17, 15) is 13.2 Å². The normalized spacial score (nSPS) is 11.2. The molecule has 0 aliphatic rings. The molecule has 1 amide bonds. The largest absolute Gasteiger partial charge is 0.484 e. The number of carbonyl (C=O) groups excluding carboxylic acids is 1. The highest BCUT2D eigenvalue weighted by atomic mass is 35.5. The van der Waals surface area contributed by atoms with Crippen molar-refractivity contribution >= 4 is 33.3 Å². The van der Waals surface area contributed by atoms with Gasteiger partial charge in [-0.25, -0.2) is 12.7 Å². The van der Waals surface area contributed by atoms with Crippen LogP contribution in [0.3, 0.4) is 0 Å². The van der Waals surface area contributed by atoms with Gasteiger partial charge in [0.05, 0.1) is 12.8 Å². The van der Waals surface area contributed by atoms with E-state index < -0.39 is 10.0 Å². The molecule has 1 aromatic heterocycles. The predicted octanol–water partition coefficient (Wildman–Crippen LogP) is 1.60. The van der Waals surface area contributed by atoms with Crippen LogP contribution in [0.15, 0.2) is 34.9 Å². The number of hydrogen-bond acceptors (Lipinski definition) is 6. The number of amides is 1. The van der Waals surface area contributed by atoms with E-state index in [4.69, 9.17) is 20.9 Å². The van der Waals surface area contributed by atoms with Crippen LogP contribution in [-0.2, 0) is 14.8 Å². The molecule has 2 aromatic rings. The minimum Gasteiger partial charge on any atom is -0.484 e. The van der Waals surface area contributed by atoms with E-state index in [0.717, 1.165) is 10.6 Å². The average Bonchev–Trinajstić information content (AvgIpc) is 2.95. The highest BCUT2D eigenvalue weighted by Gasteiger charge is 2.20. The number of nitrogens with zero attached hydrogens (tertiary/aromatic N) is 2. The lowest BCUT2D eigenvalue weighted by Crippen LogP contribution is -2.39. The zero-order valence-electron chi connectivity index (χ0n) is 13.7. The predicted molar refractivity (Wildman–Crippen MR) is 93.4 cm³/mol. The van der Waals surface area contributed by atoms with Crippen molar-refractivity contribution in [3.8, 4) is 5.75 Å². The second kappa shape index (κ2) is 8.21. The molecule has 1 aromatic carbocycles. The quantitative estimate of drug-likeness (QED) is 0.738. The highest BCUT2D eigenvalue weighted by Crippen LogP contribution is 2.16. The number of benzene rings is 1. The Morgan fingerprint density at radius 3 is 2.60 bits per heavy atom. The summed E-state index contributed by atoms with van der Waals surface area (Å²) in [6, 6.07) is 8.10. The SMILES string of the molecule is Cc1cc(N(CCNC(=O)COc2ccc(Cl)cc2)S(C)(=O)=O)no1. The Kier molecular flexibility index (Phi) is 6.27. The molecule has 8 nitrogen and oxygen atoms in total. The Hall–Kier alpha value is -2.26. The van der Waals surface area contributed by atoms with Gasteiger partial charge in [-0.15, -0.1) is 0 Å². The second-order valence-corrected chi connectivity index (χ2v) is 7.57. The molecule has 2 rings (SSSR count). The number of hydrogen-bond donors (Lipinski definition) is 1. The molecule has 0 spiro atoms. The fourth-order valence-corrected chi connectivity index (χ4v) is 2.92. The van der Waals surface area contributed by atoms with Gasteiger partial charge in [-0.2, -0.15) is 0 Å².